The summed E-state index contributed by atoms with van der Waals surface area (Å²) < 4.78 is 5.24. The van der Waals surface area contributed by atoms with Crippen LogP contribution in [0.2, 0.25) is 0 Å². The fraction of sp³-hybridized carbons (Fsp3) is 0.217. The summed E-state index contributed by atoms with van der Waals surface area (Å²) in [6.07, 6.45) is 1.57. The zero-order valence-electron chi connectivity index (χ0n) is 17.1. The summed E-state index contributed by atoms with van der Waals surface area (Å²) in [5.41, 5.74) is 1.07. The van der Waals surface area contributed by atoms with Crippen molar-refractivity contribution in [1.29, 1.82) is 0 Å². The fourth-order valence-electron chi connectivity index (χ4n) is 2.99. The molecule has 1 heterocycles. The van der Waals surface area contributed by atoms with E-state index >= 15 is 0 Å². The number of unbranched alkanes of at least 4 members (excludes halogenated alkanes) is 1. The number of hydrogen-bond donors (Lipinski definition) is 1. The molecule has 3 rings (SSSR count). The van der Waals surface area contributed by atoms with Crippen LogP contribution in [0.15, 0.2) is 59.3 Å². The number of amides is 2. The van der Waals surface area contributed by atoms with Crippen LogP contribution in [0.25, 0.3) is 0 Å². The van der Waals surface area contributed by atoms with E-state index in [0.717, 1.165) is 11.3 Å². The SMILES string of the molecule is CCCCOC(=O)c1ccccc1N1C(=O)C(Cl)=C(Nc2ccc(C(C)=O)cc2)C1=O. The van der Waals surface area contributed by atoms with Crippen molar-refractivity contribution in [2.45, 2.75) is 26.7 Å². The van der Waals surface area contributed by atoms with E-state index in [1.54, 1.807) is 36.4 Å². The van der Waals surface area contributed by atoms with Crippen LogP contribution in [-0.4, -0.2) is 30.2 Å². The Bertz CT molecular complexity index is 1080. The minimum Gasteiger partial charge on any atom is -0.462 e. The third-order valence-corrected chi connectivity index (χ3v) is 5.03. The van der Waals surface area contributed by atoms with E-state index in [-0.39, 0.29) is 34.4 Å². The lowest BCUT2D eigenvalue weighted by atomic mass is 10.1. The zero-order valence-corrected chi connectivity index (χ0v) is 17.9. The molecule has 2 aromatic carbocycles. The van der Waals surface area contributed by atoms with Crippen molar-refractivity contribution in [2.24, 2.45) is 0 Å². The predicted octanol–water partition coefficient (Wildman–Crippen LogP) is 4.28. The van der Waals surface area contributed by atoms with Crippen molar-refractivity contribution in [2.75, 3.05) is 16.8 Å². The number of ketones is 1. The molecule has 1 aliphatic heterocycles. The maximum atomic E-state index is 13.0. The Morgan fingerprint density at radius 3 is 2.35 bits per heavy atom. The van der Waals surface area contributed by atoms with E-state index in [9.17, 15) is 19.2 Å². The van der Waals surface area contributed by atoms with Crippen LogP contribution < -0.4 is 10.2 Å². The van der Waals surface area contributed by atoms with Gasteiger partial charge in [-0.05, 0) is 49.7 Å². The predicted molar refractivity (Wildman–Crippen MR) is 117 cm³/mol. The highest BCUT2D eigenvalue weighted by atomic mass is 35.5. The number of esters is 1. The van der Waals surface area contributed by atoms with Gasteiger partial charge in [0.05, 0.1) is 17.9 Å². The molecule has 0 spiro atoms. The average molecular weight is 441 g/mol. The van der Waals surface area contributed by atoms with E-state index in [0.29, 0.717) is 17.7 Å². The minimum absolute atomic E-state index is 0.0930. The topological polar surface area (TPSA) is 92.8 Å². The quantitative estimate of drug-likeness (QED) is 0.285. The molecule has 0 aromatic heterocycles. The minimum atomic E-state index is -0.747. The van der Waals surface area contributed by atoms with E-state index in [4.69, 9.17) is 16.3 Å². The van der Waals surface area contributed by atoms with Crippen LogP contribution in [-0.2, 0) is 14.3 Å². The van der Waals surface area contributed by atoms with E-state index in [1.807, 2.05) is 6.92 Å². The normalized spacial score (nSPS) is 13.6. The zero-order chi connectivity index (χ0) is 22.5. The van der Waals surface area contributed by atoms with E-state index < -0.39 is 17.8 Å². The Kier molecular flexibility index (Phi) is 6.87. The van der Waals surface area contributed by atoms with Crippen LogP contribution in [0.1, 0.15) is 47.4 Å². The molecule has 0 unspecified atom stereocenters. The Hall–Kier alpha value is -3.45. The first-order valence-electron chi connectivity index (χ1n) is 9.77. The summed E-state index contributed by atoms with van der Waals surface area (Å²) >= 11 is 6.17. The number of carbonyl (C=O) groups is 4. The molecule has 1 N–H and O–H groups in total. The summed E-state index contributed by atoms with van der Waals surface area (Å²) in [5.74, 6) is -2.16. The van der Waals surface area contributed by atoms with Crippen LogP contribution in [0.3, 0.4) is 0 Å². The highest BCUT2D eigenvalue weighted by Gasteiger charge is 2.40. The van der Waals surface area contributed by atoms with Gasteiger partial charge in [0.25, 0.3) is 11.8 Å². The third kappa shape index (κ3) is 4.67. The second-order valence-corrected chi connectivity index (χ2v) is 7.28. The summed E-state index contributed by atoms with van der Waals surface area (Å²) in [6, 6.07) is 12.6. The van der Waals surface area contributed by atoms with Crippen molar-refractivity contribution >= 4 is 46.5 Å². The number of imide groups is 1. The number of anilines is 2. The van der Waals surface area contributed by atoms with Gasteiger partial charge in [0.2, 0.25) is 0 Å². The summed E-state index contributed by atoms with van der Waals surface area (Å²) in [7, 11) is 0. The van der Waals surface area contributed by atoms with Gasteiger partial charge in [0.15, 0.2) is 5.78 Å². The first-order valence-corrected chi connectivity index (χ1v) is 10.2. The number of carbonyl (C=O) groups excluding carboxylic acids is 4. The Morgan fingerprint density at radius 1 is 1.03 bits per heavy atom. The van der Waals surface area contributed by atoms with Crippen LogP contribution in [0, 0.1) is 0 Å². The van der Waals surface area contributed by atoms with Gasteiger partial charge < -0.3 is 10.1 Å². The van der Waals surface area contributed by atoms with Crippen LogP contribution >= 0.6 is 11.6 Å². The summed E-state index contributed by atoms with van der Waals surface area (Å²) in [6.45, 7) is 3.66. The van der Waals surface area contributed by atoms with E-state index in [2.05, 4.69) is 5.32 Å². The molecular formula is C23H21ClN2O5. The van der Waals surface area contributed by atoms with E-state index in [1.165, 1.54) is 19.1 Å². The van der Waals surface area contributed by atoms with Crippen LogP contribution in [0.4, 0.5) is 11.4 Å². The van der Waals surface area contributed by atoms with Crippen molar-refractivity contribution in [3.8, 4) is 0 Å². The van der Waals surface area contributed by atoms with Gasteiger partial charge in [0.1, 0.15) is 10.7 Å². The largest absolute Gasteiger partial charge is 0.462 e. The van der Waals surface area contributed by atoms with Crippen molar-refractivity contribution in [3.63, 3.8) is 0 Å². The molecule has 31 heavy (non-hydrogen) atoms. The first kappa shape index (κ1) is 22.2. The van der Waals surface area contributed by atoms with Gasteiger partial charge in [-0.15, -0.1) is 0 Å². The molecule has 7 nitrogen and oxygen atoms in total. The Labute approximate surface area is 184 Å². The summed E-state index contributed by atoms with van der Waals surface area (Å²) in [5, 5.41) is 2.54. The molecule has 160 valence electrons. The molecule has 2 aromatic rings. The number of hydrogen-bond acceptors (Lipinski definition) is 6. The maximum Gasteiger partial charge on any atom is 0.340 e. The second kappa shape index (κ2) is 9.57. The van der Waals surface area contributed by atoms with Gasteiger partial charge >= 0.3 is 5.97 Å². The molecule has 8 heteroatoms. The third-order valence-electron chi connectivity index (χ3n) is 4.68. The number of para-hydroxylation sites is 1. The van der Waals surface area contributed by atoms with Crippen molar-refractivity contribution in [1.82, 2.24) is 0 Å². The highest BCUT2D eigenvalue weighted by Crippen LogP contribution is 2.32. The number of Topliss-reactive ketones (excluding diaryl/α,β-unsaturated/α-hetero) is 1. The van der Waals surface area contributed by atoms with Gasteiger partial charge in [-0.25, -0.2) is 9.69 Å². The lowest BCUT2D eigenvalue weighted by Gasteiger charge is -2.18. The smallest absolute Gasteiger partial charge is 0.340 e. The monoisotopic (exact) mass is 440 g/mol. The lowest BCUT2D eigenvalue weighted by molar-refractivity contribution is -0.120. The molecule has 2 amide bonds. The maximum absolute atomic E-state index is 13.0. The number of benzene rings is 2. The molecule has 0 aliphatic carbocycles. The number of nitrogens with zero attached hydrogens (tertiary/aromatic N) is 1. The average Bonchev–Trinajstić information content (AvgIpc) is 2.97. The van der Waals surface area contributed by atoms with Crippen LogP contribution in [0.5, 0.6) is 0 Å². The molecule has 0 radical (unpaired) electrons. The number of rotatable bonds is 8. The van der Waals surface area contributed by atoms with Gasteiger partial charge in [-0.1, -0.05) is 37.1 Å². The molecule has 0 fully saturated rings. The second-order valence-electron chi connectivity index (χ2n) is 6.90. The molecule has 0 bridgehead atoms. The Balaban J connectivity index is 1.86. The first-order chi connectivity index (χ1) is 14.8. The Morgan fingerprint density at radius 2 is 1.71 bits per heavy atom. The molecule has 0 saturated carbocycles. The summed E-state index contributed by atoms with van der Waals surface area (Å²) in [4.78, 5) is 50.6. The van der Waals surface area contributed by atoms with Gasteiger partial charge in [0, 0.05) is 11.3 Å². The van der Waals surface area contributed by atoms with Gasteiger partial charge in [-0.2, -0.15) is 0 Å². The highest BCUT2D eigenvalue weighted by molar-refractivity contribution is 6.53. The molecule has 0 atom stereocenters. The number of ether oxygens (including phenoxy) is 1. The lowest BCUT2D eigenvalue weighted by Crippen LogP contribution is -2.33. The number of halogens is 1. The van der Waals surface area contributed by atoms with Crippen molar-refractivity contribution in [3.05, 3.63) is 70.4 Å². The molecule has 0 saturated heterocycles. The van der Waals surface area contributed by atoms with Gasteiger partial charge in [-0.3, -0.25) is 14.4 Å². The standard InChI is InChI=1S/C23H21ClN2O5/c1-3-4-13-31-23(30)17-7-5-6-8-18(17)26-21(28)19(24)20(22(26)29)25-16-11-9-15(10-12-16)14(2)27/h5-12,25H,3-4,13H2,1-2H3. The van der Waals surface area contributed by atoms with Crippen molar-refractivity contribution < 1.29 is 23.9 Å². The molecule has 1 aliphatic rings. The number of nitrogens with one attached hydrogen (secondary N) is 1. The molecular weight excluding hydrogens is 420 g/mol. The fourth-order valence-corrected chi connectivity index (χ4v) is 3.20.